The highest BCUT2D eigenvalue weighted by Crippen LogP contribution is 2.00. The molecule has 21 heavy (non-hydrogen) atoms. The van der Waals surface area contributed by atoms with E-state index in [9.17, 15) is 19.2 Å². The maximum absolute atomic E-state index is 10.8. The predicted octanol–water partition coefficient (Wildman–Crippen LogP) is -0.566. The topological polar surface area (TPSA) is 121 Å². The van der Waals surface area contributed by atoms with E-state index in [1.807, 2.05) is 0 Å². The Labute approximate surface area is 120 Å². The van der Waals surface area contributed by atoms with Gasteiger partial charge in [-0.3, -0.25) is 19.3 Å². The van der Waals surface area contributed by atoms with Gasteiger partial charge in [0.2, 0.25) is 0 Å². The minimum Gasteiger partial charge on any atom is -0.339 e. The fourth-order valence-corrected chi connectivity index (χ4v) is 0.896. The molecular weight excluding hydrogens is 292 g/mol. The Balaban J connectivity index is 4.49. The standard InChI is InChI=1S/C10H16N2O9/c1-7(13)17-11(18-8(2)14)5-6-12(19-9(3)15)21-20-10(4)16/h5-6H2,1-4H3. The molecule has 0 spiro atoms. The zero-order valence-corrected chi connectivity index (χ0v) is 12.0. The number of rotatable bonds is 8. The second kappa shape index (κ2) is 9.63. The third-order valence-corrected chi connectivity index (χ3v) is 1.39. The van der Waals surface area contributed by atoms with Gasteiger partial charge in [-0.05, 0) is 4.99 Å². The van der Waals surface area contributed by atoms with Crippen LogP contribution in [-0.4, -0.2) is 47.4 Å². The van der Waals surface area contributed by atoms with Crippen LogP contribution in [-0.2, 0) is 43.6 Å². The molecule has 0 aromatic rings. The molecule has 0 bridgehead atoms. The smallest absolute Gasteiger partial charge is 0.339 e. The van der Waals surface area contributed by atoms with Gasteiger partial charge >= 0.3 is 23.9 Å². The zero-order valence-electron chi connectivity index (χ0n) is 12.0. The van der Waals surface area contributed by atoms with Crippen molar-refractivity contribution in [3.63, 3.8) is 0 Å². The van der Waals surface area contributed by atoms with Crippen molar-refractivity contribution in [1.29, 1.82) is 0 Å². The van der Waals surface area contributed by atoms with Crippen LogP contribution in [0.1, 0.15) is 27.7 Å². The van der Waals surface area contributed by atoms with Crippen LogP contribution < -0.4 is 0 Å². The summed E-state index contributed by atoms with van der Waals surface area (Å²) >= 11 is 0. The van der Waals surface area contributed by atoms with Crippen LogP contribution in [0.4, 0.5) is 0 Å². The van der Waals surface area contributed by atoms with Crippen molar-refractivity contribution < 1.29 is 43.6 Å². The maximum Gasteiger partial charge on any atom is 0.341 e. The minimum atomic E-state index is -0.788. The fraction of sp³-hybridized carbons (Fsp3) is 0.600. The van der Waals surface area contributed by atoms with Crippen molar-refractivity contribution in [2.24, 2.45) is 0 Å². The summed E-state index contributed by atoms with van der Waals surface area (Å²) in [7, 11) is 0. The Morgan fingerprint density at radius 2 is 1.05 bits per heavy atom. The van der Waals surface area contributed by atoms with E-state index in [1.165, 1.54) is 0 Å². The molecule has 0 saturated heterocycles. The second-order valence-electron chi connectivity index (χ2n) is 3.51. The summed E-state index contributed by atoms with van der Waals surface area (Å²) in [6.07, 6.45) is 0. The van der Waals surface area contributed by atoms with Gasteiger partial charge in [-0.1, -0.05) is 0 Å². The largest absolute Gasteiger partial charge is 0.341 e. The SMILES string of the molecule is CC(=O)OON(CCN(OC(C)=O)OC(C)=O)OC(C)=O. The third-order valence-electron chi connectivity index (χ3n) is 1.39. The molecule has 0 radical (unpaired) electrons. The van der Waals surface area contributed by atoms with Crippen molar-refractivity contribution in [2.75, 3.05) is 13.1 Å². The molecule has 0 aromatic carbocycles. The molecule has 0 atom stereocenters. The molecule has 11 heteroatoms. The Morgan fingerprint density at radius 1 is 0.667 bits per heavy atom. The average Bonchev–Trinajstić information content (AvgIpc) is 2.30. The molecule has 0 heterocycles. The van der Waals surface area contributed by atoms with E-state index in [1.54, 1.807) is 0 Å². The summed E-state index contributed by atoms with van der Waals surface area (Å²) < 4.78 is 0. The molecule has 0 amide bonds. The molecule has 0 aliphatic carbocycles. The molecule has 0 unspecified atom stereocenters. The first-order valence-electron chi connectivity index (χ1n) is 5.66. The normalized spacial score (nSPS) is 10.2. The Morgan fingerprint density at radius 3 is 1.43 bits per heavy atom. The van der Waals surface area contributed by atoms with Crippen LogP contribution in [0.5, 0.6) is 0 Å². The zero-order chi connectivity index (χ0) is 16.4. The summed E-state index contributed by atoms with van der Waals surface area (Å²) in [5.41, 5.74) is 0. The van der Waals surface area contributed by atoms with Crippen molar-refractivity contribution in [3.05, 3.63) is 0 Å². The molecule has 0 rings (SSSR count). The van der Waals surface area contributed by atoms with Gasteiger partial charge in [-0.2, -0.15) is 0 Å². The first-order chi connectivity index (χ1) is 9.70. The summed E-state index contributed by atoms with van der Waals surface area (Å²) in [6, 6.07) is 0. The van der Waals surface area contributed by atoms with E-state index in [-0.39, 0.29) is 13.1 Å². The fourth-order valence-electron chi connectivity index (χ4n) is 0.896. The van der Waals surface area contributed by atoms with Crippen molar-refractivity contribution in [3.8, 4) is 0 Å². The molecule has 0 saturated carbocycles. The summed E-state index contributed by atoms with van der Waals surface area (Å²) in [5, 5.41) is 1.06. The van der Waals surface area contributed by atoms with Crippen LogP contribution in [0, 0.1) is 0 Å². The van der Waals surface area contributed by atoms with Crippen LogP contribution >= 0.6 is 0 Å². The molecule has 0 aliphatic rings. The Kier molecular flexibility index (Phi) is 8.60. The number of nitrogens with zero attached hydrogens (tertiary/aromatic N) is 2. The molecule has 0 fully saturated rings. The highest BCUT2D eigenvalue weighted by molar-refractivity contribution is 5.67. The first kappa shape index (κ1) is 18.8. The van der Waals surface area contributed by atoms with Crippen molar-refractivity contribution >= 4 is 23.9 Å². The Hall–Kier alpha value is -2.24. The third kappa shape index (κ3) is 11.3. The quantitative estimate of drug-likeness (QED) is 0.423. The van der Waals surface area contributed by atoms with Crippen LogP contribution in [0.15, 0.2) is 0 Å². The minimum absolute atomic E-state index is 0.256. The second-order valence-corrected chi connectivity index (χ2v) is 3.51. The van der Waals surface area contributed by atoms with E-state index in [2.05, 4.69) is 24.4 Å². The lowest BCUT2D eigenvalue weighted by atomic mass is 10.7. The van der Waals surface area contributed by atoms with E-state index >= 15 is 0 Å². The highest BCUT2D eigenvalue weighted by Gasteiger charge is 2.19. The monoisotopic (exact) mass is 308 g/mol. The number of hydrogen-bond acceptors (Lipinski definition) is 11. The maximum atomic E-state index is 10.8. The van der Waals surface area contributed by atoms with Crippen molar-refractivity contribution in [1.82, 2.24) is 10.5 Å². The summed E-state index contributed by atoms with van der Waals surface area (Å²) in [6.45, 7) is 3.81. The molecule has 11 nitrogen and oxygen atoms in total. The van der Waals surface area contributed by atoms with Crippen molar-refractivity contribution in [2.45, 2.75) is 27.7 Å². The average molecular weight is 308 g/mol. The van der Waals surface area contributed by atoms with E-state index < -0.39 is 23.9 Å². The van der Waals surface area contributed by atoms with Crippen LogP contribution in [0.2, 0.25) is 0 Å². The van der Waals surface area contributed by atoms with Gasteiger partial charge in [-0.15, -0.1) is 0 Å². The van der Waals surface area contributed by atoms with Crippen LogP contribution in [0.3, 0.4) is 0 Å². The number of carbonyl (C=O) groups excluding carboxylic acids is 4. The van der Waals surface area contributed by atoms with E-state index in [4.69, 9.17) is 0 Å². The van der Waals surface area contributed by atoms with Gasteiger partial charge in [0, 0.05) is 38.1 Å². The molecule has 0 aliphatic heterocycles. The molecule has 0 aromatic heterocycles. The lowest BCUT2D eigenvalue weighted by Gasteiger charge is -2.21. The number of hydroxylamine groups is 4. The van der Waals surface area contributed by atoms with Gasteiger partial charge in [0.05, 0.1) is 13.1 Å². The summed E-state index contributed by atoms with van der Waals surface area (Å²) in [4.78, 5) is 65.3. The molecule has 120 valence electrons. The first-order valence-corrected chi connectivity index (χ1v) is 5.66. The van der Waals surface area contributed by atoms with Gasteiger partial charge in [0.25, 0.3) is 0 Å². The predicted molar refractivity (Wildman–Crippen MR) is 61.6 cm³/mol. The number of hydrogen-bond donors (Lipinski definition) is 0. The van der Waals surface area contributed by atoms with Crippen LogP contribution in [0.25, 0.3) is 0 Å². The lowest BCUT2D eigenvalue weighted by molar-refractivity contribution is -0.488. The molecular formula is C10H16N2O9. The number of carbonyl (C=O) groups is 4. The van der Waals surface area contributed by atoms with E-state index in [0.29, 0.717) is 10.5 Å². The summed E-state index contributed by atoms with van der Waals surface area (Å²) in [5.74, 6) is -3.02. The lowest BCUT2D eigenvalue weighted by Crippen LogP contribution is -2.38. The van der Waals surface area contributed by atoms with Gasteiger partial charge in [-0.25, -0.2) is 4.79 Å². The van der Waals surface area contributed by atoms with Gasteiger partial charge < -0.3 is 14.5 Å². The van der Waals surface area contributed by atoms with Gasteiger partial charge in [0.1, 0.15) is 0 Å². The Bertz CT molecular complexity index is 382. The molecule has 0 N–H and O–H groups in total. The van der Waals surface area contributed by atoms with E-state index in [0.717, 1.165) is 27.7 Å². The van der Waals surface area contributed by atoms with Gasteiger partial charge in [0.15, 0.2) is 0 Å². The highest BCUT2D eigenvalue weighted by atomic mass is 17.3.